The summed E-state index contributed by atoms with van der Waals surface area (Å²) < 4.78 is 5.19. The van der Waals surface area contributed by atoms with Crippen LogP contribution in [0.1, 0.15) is 25.3 Å². The number of benzene rings is 3. The summed E-state index contributed by atoms with van der Waals surface area (Å²) in [6.45, 7) is 2.27. The lowest BCUT2D eigenvalue weighted by Gasteiger charge is -2.03. The molecule has 0 bridgehead atoms. The third kappa shape index (κ3) is 2.07. The van der Waals surface area contributed by atoms with Crippen LogP contribution in [0.2, 0.25) is 0 Å². The molecule has 1 nitrogen and oxygen atoms in total. The fourth-order valence-corrected chi connectivity index (χ4v) is 5.47. The summed E-state index contributed by atoms with van der Waals surface area (Å²) in [5.74, 6) is 0. The molecule has 0 amide bonds. The number of thiophene rings is 1. The smallest absolute Gasteiger partial charge is 0.0670 e. The molecule has 5 aromatic rings. The predicted octanol–water partition coefficient (Wildman–Crippen LogP) is 7.04. The highest BCUT2D eigenvalue weighted by Gasteiger charge is 2.16. The second kappa shape index (κ2) is 5.60. The molecule has 0 aliphatic rings. The average Bonchev–Trinajstić information content (AvgIpc) is 3.16. The summed E-state index contributed by atoms with van der Waals surface area (Å²) in [7, 11) is 2.22. The van der Waals surface area contributed by atoms with Crippen molar-refractivity contribution in [1.82, 2.24) is 4.57 Å². The summed E-state index contributed by atoms with van der Waals surface area (Å²) in [4.78, 5) is 0. The first-order chi connectivity index (χ1) is 12.3. The van der Waals surface area contributed by atoms with Crippen molar-refractivity contribution in [3.05, 3.63) is 60.2 Å². The standard InChI is InChI=1S/C23H21NS/c1-3-4-8-15-9-7-11-19-21(15)18-14-13-17-16-10-5-6-12-20(16)25-23(17)22(18)24(19)2/h5-7,9-14H,3-4,8H2,1-2H3. The molecule has 25 heavy (non-hydrogen) atoms. The quantitative estimate of drug-likeness (QED) is 0.331. The minimum Gasteiger partial charge on any atom is -0.342 e. The number of fused-ring (bicyclic) bond motifs is 7. The van der Waals surface area contributed by atoms with E-state index in [4.69, 9.17) is 0 Å². The van der Waals surface area contributed by atoms with Crippen molar-refractivity contribution in [3.63, 3.8) is 0 Å². The average molecular weight is 343 g/mol. The number of hydrogen-bond acceptors (Lipinski definition) is 1. The second-order valence-electron chi connectivity index (χ2n) is 6.91. The van der Waals surface area contributed by atoms with Crippen LogP contribution in [0.4, 0.5) is 0 Å². The van der Waals surface area contributed by atoms with Crippen molar-refractivity contribution in [2.75, 3.05) is 0 Å². The van der Waals surface area contributed by atoms with Crippen LogP contribution in [0.15, 0.2) is 54.6 Å². The van der Waals surface area contributed by atoms with Gasteiger partial charge in [-0.15, -0.1) is 11.3 Å². The monoisotopic (exact) mass is 343 g/mol. The molecule has 0 atom stereocenters. The van der Waals surface area contributed by atoms with Gasteiger partial charge in [-0.2, -0.15) is 0 Å². The SMILES string of the molecule is CCCCc1cccc2c1c1ccc3c4ccccc4sc3c1n2C. The highest BCUT2D eigenvalue weighted by Crippen LogP contribution is 2.42. The lowest BCUT2D eigenvalue weighted by Crippen LogP contribution is -1.88. The minimum absolute atomic E-state index is 1.16. The Morgan fingerprint density at radius 1 is 0.880 bits per heavy atom. The van der Waals surface area contributed by atoms with Crippen molar-refractivity contribution < 1.29 is 0 Å². The van der Waals surface area contributed by atoms with Gasteiger partial charge in [-0.05, 0) is 30.5 Å². The molecule has 2 heterocycles. The van der Waals surface area contributed by atoms with Crippen molar-refractivity contribution in [1.29, 1.82) is 0 Å². The van der Waals surface area contributed by atoms with E-state index in [0.717, 1.165) is 6.42 Å². The van der Waals surface area contributed by atoms with E-state index < -0.39 is 0 Å². The first-order valence-corrected chi connectivity index (χ1v) is 9.91. The molecule has 5 rings (SSSR count). The maximum atomic E-state index is 2.40. The summed E-state index contributed by atoms with van der Waals surface area (Å²) in [5, 5.41) is 5.62. The van der Waals surface area contributed by atoms with Crippen molar-refractivity contribution in [3.8, 4) is 0 Å². The fraction of sp³-hybridized carbons (Fsp3) is 0.217. The Hall–Kier alpha value is -2.32. The van der Waals surface area contributed by atoms with E-state index in [-0.39, 0.29) is 0 Å². The van der Waals surface area contributed by atoms with Gasteiger partial charge in [0.1, 0.15) is 0 Å². The lowest BCUT2D eigenvalue weighted by molar-refractivity contribution is 0.799. The van der Waals surface area contributed by atoms with E-state index in [1.165, 1.54) is 60.4 Å². The van der Waals surface area contributed by atoms with Gasteiger partial charge >= 0.3 is 0 Å². The molecule has 0 N–H and O–H groups in total. The molecule has 0 unspecified atom stereocenters. The van der Waals surface area contributed by atoms with Gasteiger partial charge in [-0.3, -0.25) is 0 Å². The van der Waals surface area contributed by atoms with E-state index >= 15 is 0 Å². The van der Waals surface area contributed by atoms with E-state index in [1.54, 1.807) is 0 Å². The zero-order chi connectivity index (χ0) is 17.0. The van der Waals surface area contributed by atoms with Crippen LogP contribution in [0.3, 0.4) is 0 Å². The maximum absolute atomic E-state index is 2.40. The fourth-order valence-electron chi connectivity index (χ4n) is 4.18. The highest BCUT2D eigenvalue weighted by atomic mass is 32.1. The van der Waals surface area contributed by atoms with Crippen molar-refractivity contribution >= 4 is 53.3 Å². The summed E-state index contributed by atoms with van der Waals surface area (Å²) in [6, 6.07) is 20.2. The molecule has 0 aliphatic heterocycles. The van der Waals surface area contributed by atoms with Gasteiger partial charge in [-0.25, -0.2) is 0 Å². The number of unbranched alkanes of at least 4 members (excludes halogenated alkanes) is 1. The van der Waals surface area contributed by atoms with Crippen LogP contribution in [-0.2, 0) is 13.5 Å². The Morgan fingerprint density at radius 2 is 1.72 bits per heavy atom. The van der Waals surface area contributed by atoms with Gasteiger partial charge in [0, 0.05) is 38.8 Å². The van der Waals surface area contributed by atoms with Crippen molar-refractivity contribution in [2.24, 2.45) is 7.05 Å². The second-order valence-corrected chi connectivity index (χ2v) is 7.96. The molecule has 0 spiro atoms. The van der Waals surface area contributed by atoms with Gasteiger partial charge < -0.3 is 4.57 Å². The zero-order valence-electron chi connectivity index (χ0n) is 14.7. The largest absolute Gasteiger partial charge is 0.342 e. The van der Waals surface area contributed by atoms with Crippen LogP contribution in [0.25, 0.3) is 42.0 Å². The van der Waals surface area contributed by atoms with Crippen LogP contribution in [0.5, 0.6) is 0 Å². The first-order valence-electron chi connectivity index (χ1n) is 9.10. The minimum atomic E-state index is 1.16. The van der Waals surface area contributed by atoms with Gasteiger partial charge in [0.25, 0.3) is 0 Å². The number of nitrogens with zero attached hydrogens (tertiary/aromatic N) is 1. The molecule has 3 aromatic carbocycles. The molecule has 0 fully saturated rings. The van der Waals surface area contributed by atoms with Crippen LogP contribution in [-0.4, -0.2) is 4.57 Å². The Balaban J connectivity index is 1.95. The number of aromatic nitrogens is 1. The Morgan fingerprint density at radius 3 is 2.60 bits per heavy atom. The molecular formula is C23H21NS. The van der Waals surface area contributed by atoms with Gasteiger partial charge in [0.05, 0.1) is 10.2 Å². The molecule has 2 aromatic heterocycles. The topological polar surface area (TPSA) is 4.93 Å². The number of hydrogen-bond donors (Lipinski definition) is 0. The summed E-state index contributed by atoms with van der Waals surface area (Å²) in [6.07, 6.45) is 3.65. The predicted molar refractivity (Wildman–Crippen MR) is 112 cm³/mol. The van der Waals surface area contributed by atoms with Crippen LogP contribution in [0, 0.1) is 0 Å². The molecule has 0 saturated heterocycles. The molecule has 0 radical (unpaired) electrons. The van der Waals surface area contributed by atoms with E-state index in [1.807, 2.05) is 11.3 Å². The molecule has 124 valence electrons. The Bertz CT molecular complexity index is 1240. The highest BCUT2D eigenvalue weighted by molar-refractivity contribution is 7.26. The lowest BCUT2D eigenvalue weighted by atomic mass is 10.0. The molecule has 2 heteroatoms. The van der Waals surface area contributed by atoms with Gasteiger partial charge in [0.2, 0.25) is 0 Å². The van der Waals surface area contributed by atoms with Gasteiger partial charge in [-0.1, -0.05) is 55.8 Å². The van der Waals surface area contributed by atoms with Crippen molar-refractivity contribution in [2.45, 2.75) is 26.2 Å². The van der Waals surface area contributed by atoms with Crippen LogP contribution >= 0.6 is 11.3 Å². The number of rotatable bonds is 3. The zero-order valence-corrected chi connectivity index (χ0v) is 15.5. The van der Waals surface area contributed by atoms with E-state index in [9.17, 15) is 0 Å². The van der Waals surface area contributed by atoms with Gasteiger partial charge in [0.15, 0.2) is 0 Å². The third-order valence-electron chi connectivity index (χ3n) is 5.42. The molecule has 0 aliphatic carbocycles. The summed E-state index contributed by atoms with van der Waals surface area (Å²) in [5.41, 5.74) is 4.23. The van der Waals surface area contributed by atoms with E-state index in [2.05, 4.69) is 73.1 Å². The first kappa shape index (κ1) is 15.0. The van der Waals surface area contributed by atoms with Crippen LogP contribution < -0.4 is 0 Å². The molecule has 0 saturated carbocycles. The Labute approximate surface area is 151 Å². The third-order valence-corrected chi connectivity index (χ3v) is 6.61. The number of aryl methyl sites for hydroxylation is 2. The molecular weight excluding hydrogens is 322 g/mol. The van der Waals surface area contributed by atoms with E-state index in [0.29, 0.717) is 0 Å². The Kier molecular flexibility index (Phi) is 3.36. The normalized spacial score (nSPS) is 12.1. The maximum Gasteiger partial charge on any atom is 0.0670 e. The summed E-state index contributed by atoms with van der Waals surface area (Å²) >= 11 is 1.92.